The lowest BCUT2D eigenvalue weighted by molar-refractivity contribution is -0.122. The summed E-state index contributed by atoms with van der Waals surface area (Å²) in [6.07, 6.45) is 2.29. The van der Waals surface area contributed by atoms with Crippen molar-refractivity contribution < 1.29 is 9.32 Å². The maximum atomic E-state index is 12.3. The van der Waals surface area contributed by atoms with E-state index in [1.54, 1.807) is 0 Å². The monoisotopic (exact) mass is 327 g/mol. The van der Waals surface area contributed by atoms with E-state index in [1.807, 2.05) is 31.9 Å². The van der Waals surface area contributed by atoms with Crippen LogP contribution < -0.4 is 5.32 Å². The summed E-state index contributed by atoms with van der Waals surface area (Å²) < 4.78 is 5.17. The Morgan fingerprint density at radius 1 is 1.29 bits per heavy atom. The van der Waals surface area contributed by atoms with Gasteiger partial charge in [0.25, 0.3) is 0 Å². The second-order valence-electron chi connectivity index (χ2n) is 6.90. The van der Waals surface area contributed by atoms with Crippen LogP contribution in [0.2, 0.25) is 0 Å². The van der Waals surface area contributed by atoms with Crippen molar-refractivity contribution in [2.24, 2.45) is 0 Å². The Morgan fingerprint density at radius 3 is 2.58 bits per heavy atom. The minimum Gasteiger partial charge on any atom is -0.361 e. The molecule has 1 heterocycles. The molecule has 1 saturated carbocycles. The molecule has 3 rings (SSSR count). The van der Waals surface area contributed by atoms with E-state index in [0.717, 1.165) is 36.4 Å². The van der Waals surface area contributed by atoms with Gasteiger partial charge in [0.05, 0.1) is 12.2 Å². The molecule has 0 bridgehead atoms. The normalized spacial score (nSPS) is 15.5. The summed E-state index contributed by atoms with van der Waals surface area (Å²) in [5, 5.41) is 7.06. The van der Waals surface area contributed by atoms with Crippen LogP contribution >= 0.6 is 0 Å². The van der Waals surface area contributed by atoms with E-state index in [4.69, 9.17) is 4.52 Å². The molecule has 5 nitrogen and oxygen atoms in total. The highest BCUT2D eigenvalue weighted by molar-refractivity contribution is 5.78. The van der Waals surface area contributed by atoms with Crippen LogP contribution in [0.4, 0.5) is 0 Å². The van der Waals surface area contributed by atoms with Crippen molar-refractivity contribution >= 4 is 5.91 Å². The first-order valence-corrected chi connectivity index (χ1v) is 8.43. The van der Waals surface area contributed by atoms with E-state index in [2.05, 4.69) is 34.7 Å². The average Bonchev–Trinajstić information content (AvgIpc) is 3.31. The molecule has 0 atom stereocenters. The van der Waals surface area contributed by atoms with Crippen molar-refractivity contribution in [2.45, 2.75) is 38.6 Å². The highest BCUT2D eigenvalue weighted by atomic mass is 16.5. The van der Waals surface area contributed by atoms with Crippen LogP contribution in [0.25, 0.3) is 0 Å². The molecule has 1 aromatic carbocycles. The van der Waals surface area contributed by atoms with Crippen molar-refractivity contribution in [3.63, 3.8) is 0 Å². The zero-order chi connectivity index (χ0) is 17.2. The van der Waals surface area contributed by atoms with Crippen molar-refractivity contribution in [2.75, 3.05) is 20.1 Å². The van der Waals surface area contributed by atoms with E-state index in [1.165, 1.54) is 5.56 Å². The van der Waals surface area contributed by atoms with Crippen LogP contribution in [0.3, 0.4) is 0 Å². The van der Waals surface area contributed by atoms with Gasteiger partial charge in [0.15, 0.2) is 0 Å². The fourth-order valence-electron chi connectivity index (χ4n) is 3.13. The molecule has 0 radical (unpaired) electrons. The number of amides is 1. The molecule has 1 aliphatic rings. The molecule has 2 aromatic rings. The number of rotatable bonds is 7. The molecule has 1 N–H and O–H groups in total. The maximum absolute atomic E-state index is 12.3. The minimum absolute atomic E-state index is 0.0615. The molecular weight excluding hydrogens is 302 g/mol. The zero-order valence-electron chi connectivity index (χ0n) is 14.6. The number of aryl methyl sites for hydroxylation is 2. The Hall–Kier alpha value is -2.14. The number of hydrogen-bond donors (Lipinski definition) is 1. The van der Waals surface area contributed by atoms with Crippen LogP contribution in [-0.2, 0) is 16.8 Å². The minimum atomic E-state index is 0.0615. The standard InChI is InChI=1S/C19H25N3O2/c1-14-17(15(2)24-21-14)11-22(3)12-18(23)20-13-19(9-10-19)16-7-5-4-6-8-16/h4-8H,9-13H2,1-3H3,(H,20,23). The molecule has 0 unspecified atom stereocenters. The second kappa shape index (κ2) is 6.77. The third-order valence-corrected chi connectivity index (χ3v) is 4.89. The number of hydrogen-bond acceptors (Lipinski definition) is 4. The average molecular weight is 327 g/mol. The number of benzene rings is 1. The molecule has 0 saturated heterocycles. The van der Waals surface area contributed by atoms with E-state index in [9.17, 15) is 4.79 Å². The molecule has 5 heteroatoms. The van der Waals surface area contributed by atoms with Crippen molar-refractivity contribution in [3.05, 3.63) is 52.9 Å². The lowest BCUT2D eigenvalue weighted by Crippen LogP contribution is -2.38. The zero-order valence-corrected chi connectivity index (χ0v) is 14.6. The Morgan fingerprint density at radius 2 is 2.00 bits per heavy atom. The Balaban J connectivity index is 1.49. The first kappa shape index (κ1) is 16.7. The molecule has 1 amide bonds. The predicted molar refractivity (Wildman–Crippen MR) is 92.7 cm³/mol. The molecule has 1 aliphatic carbocycles. The largest absolute Gasteiger partial charge is 0.361 e. The van der Waals surface area contributed by atoms with Crippen LogP contribution in [0.15, 0.2) is 34.9 Å². The summed E-state index contributed by atoms with van der Waals surface area (Å²) in [5.41, 5.74) is 3.43. The van der Waals surface area contributed by atoms with Crippen LogP contribution in [0, 0.1) is 13.8 Å². The third kappa shape index (κ3) is 3.67. The highest BCUT2D eigenvalue weighted by Crippen LogP contribution is 2.47. The summed E-state index contributed by atoms with van der Waals surface area (Å²) in [7, 11) is 1.94. The number of aromatic nitrogens is 1. The van der Waals surface area contributed by atoms with E-state index >= 15 is 0 Å². The van der Waals surface area contributed by atoms with Crippen molar-refractivity contribution in [1.29, 1.82) is 0 Å². The highest BCUT2D eigenvalue weighted by Gasteiger charge is 2.44. The van der Waals surface area contributed by atoms with Gasteiger partial charge in [-0.2, -0.15) is 0 Å². The van der Waals surface area contributed by atoms with Gasteiger partial charge in [0.1, 0.15) is 5.76 Å². The fraction of sp³-hybridized carbons (Fsp3) is 0.474. The number of nitrogens with zero attached hydrogens (tertiary/aromatic N) is 2. The Kier molecular flexibility index (Phi) is 4.71. The van der Waals surface area contributed by atoms with Gasteiger partial charge in [-0.15, -0.1) is 0 Å². The topological polar surface area (TPSA) is 58.4 Å². The van der Waals surface area contributed by atoms with Crippen LogP contribution in [-0.4, -0.2) is 36.1 Å². The maximum Gasteiger partial charge on any atom is 0.234 e. The molecule has 24 heavy (non-hydrogen) atoms. The van der Waals surface area contributed by atoms with E-state index in [-0.39, 0.29) is 11.3 Å². The van der Waals surface area contributed by atoms with Crippen molar-refractivity contribution in [1.82, 2.24) is 15.4 Å². The molecule has 0 aliphatic heterocycles. The lowest BCUT2D eigenvalue weighted by Gasteiger charge is -2.19. The van der Waals surface area contributed by atoms with Gasteiger partial charge >= 0.3 is 0 Å². The summed E-state index contributed by atoms with van der Waals surface area (Å²) >= 11 is 0. The quantitative estimate of drug-likeness (QED) is 0.849. The SMILES string of the molecule is Cc1noc(C)c1CN(C)CC(=O)NCC1(c2ccccc2)CC1. The molecular formula is C19H25N3O2. The van der Waals surface area contributed by atoms with Gasteiger partial charge in [-0.1, -0.05) is 35.5 Å². The Labute approximate surface area is 143 Å². The number of likely N-dealkylation sites (N-methyl/N-ethyl adjacent to an activating group) is 1. The van der Waals surface area contributed by atoms with Gasteiger partial charge in [0, 0.05) is 24.1 Å². The van der Waals surface area contributed by atoms with Gasteiger partial charge in [0.2, 0.25) is 5.91 Å². The van der Waals surface area contributed by atoms with Gasteiger partial charge < -0.3 is 9.84 Å². The van der Waals surface area contributed by atoms with Gasteiger partial charge in [-0.3, -0.25) is 9.69 Å². The van der Waals surface area contributed by atoms with E-state index in [0.29, 0.717) is 13.1 Å². The Bertz CT molecular complexity index is 685. The summed E-state index contributed by atoms with van der Waals surface area (Å²) in [6, 6.07) is 10.5. The van der Waals surface area contributed by atoms with E-state index < -0.39 is 0 Å². The van der Waals surface area contributed by atoms with Gasteiger partial charge in [-0.25, -0.2) is 0 Å². The third-order valence-electron chi connectivity index (χ3n) is 4.89. The molecule has 0 spiro atoms. The number of carbonyl (C=O) groups excluding carboxylic acids is 1. The summed E-state index contributed by atoms with van der Waals surface area (Å²) in [6.45, 7) is 5.58. The first-order chi connectivity index (χ1) is 11.5. The van der Waals surface area contributed by atoms with Crippen LogP contribution in [0.5, 0.6) is 0 Å². The summed E-state index contributed by atoms with van der Waals surface area (Å²) in [5.74, 6) is 0.882. The molecule has 1 aromatic heterocycles. The number of carbonyl (C=O) groups is 1. The number of nitrogens with one attached hydrogen (secondary N) is 1. The van der Waals surface area contributed by atoms with Crippen LogP contribution in [0.1, 0.15) is 35.4 Å². The summed E-state index contributed by atoms with van der Waals surface area (Å²) in [4.78, 5) is 14.3. The van der Waals surface area contributed by atoms with Crippen molar-refractivity contribution in [3.8, 4) is 0 Å². The smallest absolute Gasteiger partial charge is 0.234 e. The lowest BCUT2D eigenvalue weighted by atomic mass is 9.96. The fourth-order valence-corrected chi connectivity index (χ4v) is 3.13. The second-order valence-corrected chi connectivity index (χ2v) is 6.90. The molecule has 128 valence electrons. The molecule has 1 fully saturated rings. The van der Waals surface area contributed by atoms with Gasteiger partial charge in [-0.05, 0) is 39.3 Å². The first-order valence-electron chi connectivity index (χ1n) is 8.43. The predicted octanol–water partition coefficient (Wildman–Crippen LogP) is 2.57.